The number of carbonyl (C=O) groups excluding carboxylic acids is 1. The summed E-state index contributed by atoms with van der Waals surface area (Å²) in [5.41, 5.74) is 0.732. The molecule has 0 heterocycles. The van der Waals surface area contributed by atoms with Gasteiger partial charge in [0.1, 0.15) is 17.4 Å². The van der Waals surface area contributed by atoms with Gasteiger partial charge in [-0.15, -0.1) is 0 Å². The van der Waals surface area contributed by atoms with Gasteiger partial charge in [-0.3, -0.25) is 4.79 Å². The fraction of sp³-hybridized carbons (Fsp3) is 0.133. The maximum absolute atomic E-state index is 13.4. The van der Waals surface area contributed by atoms with Gasteiger partial charge in [-0.2, -0.15) is 0 Å². The van der Waals surface area contributed by atoms with Crippen molar-refractivity contribution in [1.29, 1.82) is 0 Å². The molecule has 0 aliphatic heterocycles. The van der Waals surface area contributed by atoms with Crippen molar-refractivity contribution in [3.63, 3.8) is 0 Å². The summed E-state index contributed by atoms with van der Waals surface area (Å²) < 4.78 is 31.2. The quantitative estimate of drug-likeness (QED) is 0.932. The summed E-state index contributed by atoms with van der Waals surface area (Å²) in [4.78, 5) is 11.8. The lowest BCUT2D eigenvalue weighted by molar-refractivity contribution is -0.115. The van der Waals surface area contributed by atoms with Gasteiger partial charge in [0.15, 0.2) is 0 Å². The minimum absolute atomic E-state index is 0.150. The van der Waals surface area contributed by atoms with Gasteiger partial charge in [-0.1, -0.05) is 6.07 Å². The summed E-state index contributed by atoms with van der Waals surface area (Å²) in [6.07, 6.45) is -0.155. The van der Waals surface area contributed by atoms with Crippen LogP contribution in [-0.2, 0) is 11.2 Å². The predicted octanol–water partition coefficient (Wildman–Crippen LogP) is 3.15. The molecule has 1 N–H and O–H groups in total. The zero-order valence-electron chi connectivity index (χ0n) is 10.8. The van der Waals surface area contributed by atoms with Gasteiger partial charge in [0, 0.05) is 11.8 Å². The van der Waals surface area contributed by atoms with E-state index in [0.717, 1.165) is 12.1 Å². The Hall–Kier alpha value is -2.43. The summed E-state index contributed by atoms with van der Waals surface area (Å²) in [5.74, 6) is -1.09. The number of benzene rings is 2. The van der Waals surface area contributed by atoms with E-state index in [4.69, 9.17) is 4.74 Å². The number of ether oxygens (including phenoxy) is 1. The Balaban J connectivity index is 2.01. The van der Waals surface area contributed by atoms with Crippen LogP contribution >= 0.6 is 0 Å². The third kappa shape index (κ3) is 3.54. The molecule has 5 heteroatoms. The van der Waals surface area contributed by atoms with Crippen LogP contribution in [0.5, 0.6) is 5.75 Å². The largest absolute Gasteiger partial charge is 0.497 e. The van der Waals surface area contributed by atoms with Gasteiger partial charge in [0.25, 0.3) is 0 Å². The third-order valence-corrected chi connectivity index (χ3v) is 2.74. The number of amides is 1. The summed E-state index contributed by atoms with van der Waals surface area (Å²) in [7, 11) is 1.55. The Bertz CT molecular complexity index is 612. The predicted molar refractivity (Wildman–Crippen MR) is 71.7 cm³/mol. The second-order valence-electron chi connectivity index (χ2n) is 4.19. The van der Waals surface area contributed by atoms with E-state index < -0.39 is 11.6 Å². The molecule has 0 aliphatic carbocycles. The van der Waals surface area contributed by atoms with E-state index in [1.54, 1.807) is 31.4 Å². The van der Waals surface area contributed by atoms with Crippen molar-refractivity contribution >= 4 is 11.6 Å². The molecule has 0 spiro atoms. The monoisotopic (exact) mass is 277 g/mol. The second-order valence-corrected chi connectivity index (χ2v) is 4.19. The van der Waals surface area contributed by atoms with Crippen molar-refractivity contribution in [2.75, 3.05) is 12.4 Å². The molecule has 2 rings (SSSR count). The number of methoxy groups -OCH3 is 1. The van der Waals surface area contributed by atoms with Crippen LogP contribution in [0.1, 0.15) is 5.56 Å². The Labute approximate surface area is 115 Å². The number of nitrogens with one attached hydrogen (secondary N) is 1. The molecule has 0 aliphatic rings. The van der Waals surface area contributed by atoms with E-state index in [9.17, 15) is 13.6 Å². The van der Waals surface area contributed by atoms with Crippen LogP contribution in [0.25, 0.3) is 0 Å². The van der Waals surface area contributed by atoms with Crippen LogP contribution in [0.3, 0.4) is 0 Å². The first-order chi connectivity index (χ1) is 9.58. The summed E-state index contributed by atoms with van der Waals surface area (Å²) in [6.45, 7) is 0. The highest BCUT2D eigenvalue weighted by molar-refractivity contribution is 5.92. The average Bonchev–Trinajstić information content (AvgIpc) is 2.43. The molecule has 2 aromatic carbocycles. The van der Waals surface area contributed by atoms with Gasteiger partial charge < -0.3 is 10.1 Å². The molecule has 0 saturated carbocycles. The van der Waals surface area contributed by atoms with Crippen LogP contribution in [0.2, 0.25) is 0 Å². The van der Waals surface area contributed by atoms with E-state index in [0.29, 0.717) is 11.4 Å². The van der Waals surface area contributed by atoms with Crippen LogP contribution in [0, 0.1) is 11.6 Å². The molecule has 3 nitrogen and oxygen atoms in total. The molecular weight excluding hydrogens is 264 g/mol. The summed E-state index contributed by atoms with van der Waals surface area (Å²) >= 11 is 0. The number of anilines is 1. The summed E-state index contributed by atoms with van der Waals surface area (Å²) in [6, 6.07) is 9.91. The molecule has 20 heavy (non-hydrogen) atoms. The van der Waals surface area contributed by atoms with E-state index >= 15 is 0 Å². The number of hydrogen-bond acceptors (Lipinski definition) is 2. The molecule has 0 unspecified atom stereocenters. The molecule has 1 amide bonds. The topological polar surface area (TPSA) is 38.3 Å². The molecule has 0 bridgehead atoms. The fourth-order valence-corrected chi connectivity index (χ4v) is 1.72. The SMILES string of the molecule is COc1ccc(NC(=O)Cc2ccc(F)cc2F)cc1. The first-order valence-corrected chi connectivity index (χ1v) is 5.96. The van der Waals surface area contributed by atoms with Crippen molar-refractivity contribution in [3.05, 3.63) is 59.7 Å². The lowest BCUT2D eigenvalue weighted by Gasteiger charge is -2.07. The third-order valence-electron chi connectivity index (χ3n) is 2.74. The smallest absolute Gasteiger partial charge is 0.228 e. The average molecular weight is 277 g/mol. The van der Waals surface area contributed by atoms with Crippen molar-refractivity contribution in [1.82, 2.24) is 0 Å². The molecule has 0 atom stereocenters. The van der Waals surface area contributed by atoms with Gasteiger partial charge in [-0.25, -0.2) is 8.78 Å². The molecule has 104 valence electrons. The summed E-state index contributed by atoms with van der Waals surface area (Å²) in [5, 5.41) is 2.63. The van der Waals surface area contributed by atoms with Crippen molar-refractivity contribution < 1.29 is 18.3 Å². The number of carbonyl (C=O) groups is 1. The molecule has 0 aromatic heterocycles. The fourth-order valence-electron chi connectivity index (χ4n) is 1.72. The molecule has 0 fully saturated rings. The maximum Gasteiger partial charge on any atom is 0.228 e. The van der Waals surface area contributed by atoms with Crippen LogP contribution < -0.4 is 10.1 Å². The number of halogens is 2. The van der Waals surface area contributed by atoms with Crippen molar-refractivity contribution in [2.45, 2.75) is 6.42 Å². The lowest BCUT2D eigenvalue weighted by Crippen LogP contribution is -2.15. The highest BCUT2D eigenvalue weighted by Gasteiger charge is 2.09. The second kappa shape index (κ2) is 6.14. The first kappa shape index (κ1) is 14.0. The van der Waals surface area contributed by atoms with Gasteiger partial charge >= 0.3 is 0 Å². The van der Waals surface area contributed by atoms with E-state index in [1.165, 1.54) is 6.07 Å². The van der Waals surface area contributed by atoms with Gasteiger partial charge in [0.05, 0.1) is 13.5 Å². The molecular formula is C15H13F2NO2. The minimum Gasteiger partial charge on any atom is -0.497 e. The van der Waals surface area contributed by atoms with Gasteiger partial charge in [0.2, 0.25) is 5.91 Å². The maximum atomic E-state index is 13.4. The zero-order chi connectivity index (χ0) is 14.5. The van der Waals surface area contributed by atoms with Crippen LogP contribution in [0.4, 0.5) is 14.5 Å². The van der Waals surface area contributed by atoms with E-state index in [-0.39, 0.29) is 17.9 Å². The number of rotatable bonds is 4. The Morgan fingerprint density at radius 3 is 2.45 bits per heavy atom. The highest BCUT2D eigenvalue weighted by atomic mass is 19.1. The first-order valence-electron chi connectivity index (χ1n) is 5.96. The molecule has 0 radical (unpaired) electrons. The standard InChI is InChI=1S/C15H13F2NO2/c1-20-13-6-4-12(5-7-13)18-15(19)8-10-2-3-11(16)9-14(10)17/h2-7,9H,8H2,1H3,(H,18,19). The lowest BCUT2D eigenvalue weighted by atomic mass is 10.1. The van der Waals surface area contributed by atoms with Crippen molar-refractivity contribution in [3.8, 4) is 5.75 Å². The zero-order valence-corrected chi connectivity index (χ0v) is 10.8. The Morgan fingerprint density at radius 1 is 1.15 bits per heavy atom. The van der Waals surface area contributed by atoms with Crippen LogP contribution in [0.15, 0.2) is 42.5 Å². The Kier molecular flexibility index (Phi) is 4.30. The minimum atomic E-state index is -0.727. The van der Waals surface area contributed by atoms with Crippen molar-refractivity contribution in [2.24, 2.45) is 0 Å². The van der Waals surface area contributed by atoms with E-state index in [1.807, 2.05) is 0 Å². The van der Waals surface area contributed by atoms with E-state index in [2.05, 4.69) is 5.32 Å². The molecule has 0 saturated heterocycles. The molecule has 2 aromatic rings. The highest BCUT2D eigenvalue weighted by Crippen LogP contribution is 2.16. The normalized spacial score (nSPS) is 10.2. The van der Waals surface area contributed by atoms with Crippen LogP contribution in [-0.4, -0.2) is 13.0 Å². The van der Waals surface area contributed by atoms with Gasteiger partial charge in [-0.05, 0) is 35.9 Å². The Morgan fingerprint density at radius 2 is 1.85 bits per heavy atom. The number of hydrogen-bond donors (Lipinski definition) is 1.